The van der Waals surface area contributed by atoms with Crippen molar-refractivity contribution in [2.75, 3.05) is 6.54 Å². The molecule has 0 unspecified atom stereocenters. The zero-order chi connectivity index (χ0) is 19.6. The Labute approximate surface area is 172 Å². The predicted octanol–water partition coefficient (Wildman–Crippen LogP) is 5.94. The molecule has 2 aromatic rings. The number of carbonyl (C=O) groups excluding carboxylic acids is 2. The largest absolute Gasteiger partial charge is 0.486 e. The number of carbonyl (C=O) groups is 2. The van der Waals surface area contributed by atoms with Gasteiger partial charge >= 0.3 is 0 Å². The van der Waals surface area contributed by atoms with E-state index in [-0.39, 0.29) is 11.1 Å². The van der Waals surface area contributed by atoms with E-state index in [1.54, 1.807) is 25.1 Å². The van der Waals surface area contributed by atoms with Gasteiger partial charge in [0.05, 0.1) is 15.0 Å². The van der Waals surface area contributed by atoms with E-state index < -0.39 is 0 Å². The predicted molar refractivity (Wildman–Crippen MR) is 110 cm³/mol. The third-order valence-electron chi connectivity index (χ3n) is 4.01. The third kappa shape index (κ3) is 4.49. The van der Waals surface area contributed by atoms with Gasteiger partial charge in [-0.05, 0) is 54.9 Å². The number of rotatable bonds is 5. The Morgan fingerprint density at radius 1 is 1.11 bits per heavy atom. The van der Waals surface area contributed by atoms with Crippen LogP contribution in [0.15, 0.2) is 41.3 Å². The summed E-state index contributed by atoms with van der Waals surface area (Å²) in [7, 11) is 0. The SMILES string of the molecule is CCN1C(=O)S/C(=C/c2cc(Cl)c(OCc3ccc(C)cc3)c(Cl)c2)C1=O. The Hall–Kier alpha value is -1.95. The summed E-state index contributed by atoms with van der Waals surface area (Å²) in [6.45, 7) is 4.46. The summed E-state index contributed by atoms with van der Waals surface area (Å²) < 4.78 is 5.77. The summed E-state index contributed by atoms with van der Waals surface area (Å²) >= 11 is 13.6. The van der Waals surface area contributed by atoms with Gasteiger partial charge in [0.2, 0.25) is 0 Å². The Balaban J connectivity index is 1.79. The minimum absolute atomic E-state index is 0.274. The number of ether oxygens (including phenoxy) is 1. The van der Waals surface area contributed by atoms with Gasteiger partial charge in [-0.1, -0.05) is 53.0 Å². The molecule has 0 saturated carbocycles. The molecule has 0 N–H and O–H groups in total. The second-order valence-corrected chi connectivity index (χ2v) is 7.82. The second-order valence-electron chi connectivity index (χ2n) is 6.01. The zero-order valence-corrected chi connectivity index (χ0v) is 17.1. The highest BCUT2D eigenvalue weighted by Gasteiger charge is 2.33. The minimum Gasteiger partial charge on any atom is -0.486 e. The molecule has 0 bridgehead atoms. The standard InChI is InChI=1S/C20H17Cl2NO3S/c1-3-23-19(24)17(27-20(23)25)10-14-8-15(21)18(16(22)9-14)26-11-13-6-4-12(2)5-7-13/h4-10H,3,11H2,1-2H3/b17-10+. The monoisotopic (exact) mass is 421 g/mol. The molecule has 0 aliphatic carbocycles. The number of benzene rings is 2. The highest BCUT2D eigenvalue weighted by Crippen LogP contribution is 2.37. The second kappa shape index (κ2) is 8.38. The van der Waals surface area contributed by atoms with Crippen LogP contribution in [0.4, 0.5) is 4.79 Å². The molecule has 1 aliphatic rings. The topological polar surface area (TPSA) is 46.6 Å². The van der Waals surface area contributed by atoms with Crippen LogP contribution in [-0.2, 0) is 11.4 Å². The average molecular weight is 422 g/mol. The summed E-state index contributed by atoms with van der Waals surface area (Å²) in [5.74, 6) is 0.0807. The van der Waals surface area contributed by atoms with Crippen LogP contribution in [0.2, 0.25) is 10.0 Å². The van der Waals surface area contributed by atoms with E-state index in [1.165, 1.54) is 10.5 Å². The van der Waals surface area contributed by atoms with E-state index >= 15 is 0 Å². The molecule has 0 atom stereocenters. The van der Waals surface area contributed by atoms with Crippen molar-refractivity contribution in [2.45, 2.75) is 20.5 Å². The van der Waals surface area contributed by atoms with Gasteiger partial charge in [0.1, 0.15) is 6.61 Å². The molecule has 4 nitrogen and oxygen atoms in total. The first-order chi connectivity index (χ1) is 12.9. The van der Waals surface area contributed by atoms with Crippen LogP contribution < -0.4 is 4.74 Å². The van der Waals surface area contributed by atoms with Crippen molar-refractivity contribution < 1.29 is 14.3 Å². The number of imide groups is 1. The van der Waals surface area contributed by atoms with Crippen molar-refractivity contribution in [2.24, 2.45) is 0 Å². The van der Waals surface area contributed by atoms with Crippen LogP contribution in [0.3, 0.4) is 0 Å². The molecule has 1 heterocycles. The maximum atomic E-state index is 12.2. The summed E-state index contributed by atoms with van der Waals surface area (Å²) in [5.41, 5.74) is 2.81. The summed E-state index contributed by atoms with van der Waals surface area (Å²) in [5, 5.41) is 0.412. The van der Waals surface area contributed by atoms with Gasteiger partial charge < -0.3 is 4.74 Å². The maximum Gasteiger partial charge on any atom is 0.293 e. The molecule has 2 amide bonds. The number of likely N-dealkylation sites (N-methyl/N-ethyl adjacent to an activating group) is 1. The molecule has 1 saturated heterocycles. The smallest absolute Gasteiger partial charge is 0.293 e. The Morgan fingerprint density at radius 3 is 2.30 bits per heavy atom. The van der Waals surface area contributed by atoms with Crippen LogP contribution in [0.1, 0.15) is 23.6 Å². The fourth-order valence-electron chi connectivity index (χ4n) is 2.56. The maximum absolute atomic E-state index is 12.2. The van der Waals surface area contributed by atoms with E-state index in [4.69, 9.17) is 27.9 Å². The summed E-state index contributed by atoms with van der Waals surface area (Å²) in [6.07, 6.45) is 1.61. The number of amides is 2. The number of hydrogen-bond donors (Lipinski definition) is 0. The molecule has 0 aromatic heterocycles. The lowest BCUT2D eigenvalue weighted by Crippen LogP contribution is -2.27. The Morgan fingerprint density at radius 2 is 1.74 bits per heavy atom. The lowest BCUT2D eigenvalue weighted by Gasteiger charge is -2.11. The number of hydrogen-bond acceptors (Lipinski definition) is 4. The normalized spacial score (nSPS) is 15.7. The molecule has 3 rings (SSSR count). The number of halogens is 2. The van der Waals surface area contributed by atoms with Crippen molar-refractivity contribution in [1.82, 2.24) is 4.90 Å². The quantitative estimate of drug-likeness (QED) is 0.560. The van der Waals surface area contributed by atoms with Crippen molar-refractivity contribution >= 4 is 52.2 Å². The molecular formula is C20H17Cl2NO3S. The molecule has 1 fully saturated rings. The van der Waals surface area contributed by atoms with Crippen LogP contribution in [0.5, 0.6) is 5.75 Å². The van der Waals surface area contributed by atoms with Gasteiger partial charge in [0, 0.05) is 6.54 Å². The van der Waals surface area contributed by atoms with Gasteiger partial charge in [-0.25, -0.2) is 0 Å². The molecule has 0 spiro atoms. The van der Waals surface area contributed by atoms with Gasteiger partial charge in [-0.3, -0.25) is 14.5 Å². The number of thioether (sulfide) groups is 1. The lowest BCUT2D eigenvalue weighted by atomic mass is 10.1. The number of aryl methyl sites for hydroxylation is 1. The van der Waals surface area contributed by atoms with Gasteiger partial charge in [0.25, 0.3) is 11.1 Å². The Kier molecular flexibility index (Phi) is 6.15. The van der Waals surface area contributed by atoms with Crippen LogP contribution in [0.25, 0.3) is 6.08 Å². The van der Waals surface area contributed by atoms with E-state index in [9.17, 15) is 9.59 Å². The number of nitrogens with zero attached hydrogens (tertiary/aromatic N) is 1. The van der Waals surface area contributed by atoms with Crippen LogP contribution in [-0.4, -0.2) is 22.6 Å². The highest BCUT2D eigenvalue weighted by molar-refractivity contribution is 8.18. The minimum atomic E-state index is -0.306. The first-order valence-electron chi connectivity index (χ1n) is 8.31. The summed E-state index contributed by atoms with van der Waals surface area (Å²) in [6, 6.07) is 11.3. The zero-order valence-electron chi connectivity index (χ0n) is 14.8. The molecule has 1 aliphatic heterocycles. The van der Waals surface area contributed by atoms with Crippen molar-refractivity contribution in [3.05, 3.63) is 68.0 Å². The van der Waals surface area contributed by atoms with Crippen LogP contribution in [0, 0.1) is 6.92 Å². The van der Waals surface area contributed by atoms with Gasteiger partial charge in [-0.15, -0.1) is 0 Å². The molecule has 140 valence electrons. The summed E-state index contributed by atoms with van der Waals surface area (Å²) in [4.78, 5) is 25.5. The molecule has 2 aromatic carbocycles. The molecular weight excluding hydrogens is 405 g/mol. The van der Waals surface area contributed by atoms with E-state index in [2.05, 4.69) is 0 Å². The highest BCUT2D eigenvalue weighted by atomic mass is 35.5. The first-order valence-corrected chi connectivity index (χ1v) is 9.89. The molecule has 0 radical (unpaired) electrons. The third-order valence-corrected chi connectivity index (χ3v) is 5.48. The molecule has 27 heavy (non-hydrogen) atoms. The van der Waals surface area contributed by atoms with E-state index in [0.717, 1.165) is 17.3 Å². The van der Waals surface area contributed by atoms with Crippen molar-refractivity contribution in [3.63, 3.8) is 0 Å². The van der Waals surface area contributed by atoms with E-state index in [0.29, 0.717) is 39.4 Å². The van der Waals surface area contributed by atoms with E-state index in [1.807, 2.05) is 31.2 Å². The Bertz CT molecular complexity index is 902. The fourth-order valence-corrected chi connectivity index (χ4v) is 4.08. The average Bonchev–Trinajstić information content (AvgIpc) is 2.88. The fraction of sp³-hybridized carbons (Fsp3) is 0.200. The first kappa shape index (κ1) is 19.8. The van der Waals surface area contributed by atoms with Crippen LogP contribution >= 0.6 is 35.0 Å². The van der Waals surface area contributed by atoms with Gasteiger partial charge in [0.15, 0.2) is 5.75 Å². The van der Waals surface area contributed by atoms with Gasteiger partial charge in [-0.2, -0.15) is 0 Å². The lowest BCUT2D eigenvalue weighted by molar-refractivity contribution is -0.122. The van der Waals surface area contributed by atoms with Crippen molar-refractivity contribution in [1.29, 1.82) is 0 Å². The van der Waals surface area contributed by atoms with Crippen molar-refractivity contribution in [3.8, 4) is 5.75 Å². The molecule has 7 heteroatoms.